The van der Waals surface area contributed by atoms with Gasteiger partial charge in [-0.3, -0.25) is 10.1 Å². The van der Waals surface area contributed by atoms with Crippen LogP contribution in [0.5, 0.6) is 0 Å². The highest BCUT2D eigenvalue weighted by atomic mass is 32.1. The molecule has 0 atom stereocenters. The standard InChI is InChI=1S/C22H19N5O2S/c1-15-24-21(14-30-15)17-7-5-16(6-8-17)11-12-23-22-10-9-20(25-26-22)18-3-2-4-19(13-18)27(28)29/h2-10,13-14H,11-12H2,1H3,(H,23,26). The van der Waals surface area contributed by atoms with E-state index in [4.69, 9.17) is 0 Å². The maximum atomic E-state index is 10.9. The van der Waals surface area contributed by atoms with Crippen LogP contribution in [0.15, 0.2) is 66.0 Å². The fourth-order valence-corrected chi connectivity index (χ4v) is 3.65. The summed E-state index contributed by atoms with van der Waals surface area (Å²) in [6, 6.07) is 18.4. The number of nitrogens with zero attached hydrogens (tertiary/aromatic N) is 4. The van der Waals surface area contributed by atoms with Crippen molar-refractivity contribution in [1.29, 1.82) is 0 Å². The van der Waals surface area contributed by atoms with Crippen LogP contribution in [0.25, 0.3) is 22.5 Å². The van der Waals surface area contributed by atoms with Crippen LogP contribution >= 0.6 is 11.3 Å². The second-order valence-electron chi connectivity index (χ2n) is 6.74. The Labute approximate surface area is 177 Å². The van der Waals surface area contributed by atoms with Crippen molar-refractivity contribution in [2.24, 2.45) is 0 Å². The fourth-order valence-electron chi connectivity index (χ4n) is 3.03. The Kier molecular flexibility index (Phi) is 5.76. The van der Waals surface area contributed by atoms with E-state index in [2.05, 4.69) is 50.1 Å². The third-order valence-corrected chi connectivity index (χ3v) is 5.38. The minimum Gasteiger partial charge on any atom is -0.368 e. The van der Waals surface area contributed by atoms with Gasteiger partial charge in [-0.1, -0.05) is 36.4 Å². The second-order valence-corrected chi connectivity index (χ2v) is 7.80. The number of aromatic nitrogens is 3. The summed E-state index contributed by atoms with van der Waals surface area (Å²) in [4.78, 5) is 15.0. The van der Waals surface area contributed by atoms with Crippen LogP contribution in [-0.2, 0) is 6.42 Å². The fraction of sp³-hybridized carbons (Fsp3) is 0.136. The van der Waals surface area contributed by atoms with Crippen molar-refractivity contribution in [3.8, 4) is 22.5 Å². The number of rotatable bonds is 7. The van der Waals surface area contributed by atoms with E-state index in [1.165, 1.54) is 17.7 Å². The average Bonchev–Trinajstić information content (AvgIpc) is 3.21. The number of hydrogen-bond acceptors (Lipinski definition) is 7. The van der Waals surface area contributed by atoms with Gasteiger partial charge in [-0.25, -0.2) is 4.98 Å². The molecule has 4 rings (SSSR count). The van der Waals surface area contributed by atoms with Crippen LogP contribution in [0.3, 0.4) is 0 Å². The third kappa shape index (κ3) is 4.66. The molecule has 0 fully saturated rings. The summed E-state index contributed by atoms with van der Waals surface area (Å²) in [5.41, 5.74) is 4.66. The van der Waals surface area contributed by atoms with E-state index in [-0.39, 0.29) is 5.69 Å². The monoisotopic (exact) mass is 417 g/mol. The number of benzene rings is 2. The van der Waals surface area contributed by atoms with E-state index in [1.807, 2.05) is 13.0 Å². The van der Waals surface area contributed by atoms with Gasteiger partial charge in [0.2, 0.25) is 0 Å². The lowest BCUT2D eigenvalue weighted by Crippen LogP contribution is -2.07. The van der Waals surface area contributed by atoms with Gasteiger partial charge >= 0.3 is 0 Å². The predicted octanol–water partition coefficient (Wildman–Crippen LogP) is 5.14. The lowest BCUT2D eigenvalue weighted by molar-refractivity contribution is -0.384. The zero-order valence-electron chi connectivity index (χ0n) is 16.3. The van der Waals surface area contributed by atoms with E-state index in [1.54, 1.807) is 29.5 Å². The Bertz CT molecular complexity index is 1160. The van der Waals surface area contributed by atoms with Crippen molar-refractivity contribution < 1.29 is 4.92 Å². The van der Waals surface area contributed by atoms with Gasteiger partial charge in [-0.05, 0) is 31.0 Å². The molecule has 0 radical (unpaired) electrons. The highest BCUT2D eigenvalue weighted by Crippen LogP contribution is 2.23. The van der Waals surface area contributed by atoms with Crippen molar-refractivity contribution >= 4 is 22.8 Å². The number of aryl methyl sites for hydroxylation is 1. The molecule has 8 heteroatoms. The molecular formula is C22H19N5O2S. The molecule has 0 spiro atoms. The number of thiazole rings is 1. The van der Waals surface area contributed by atoms with Gasteiger partial charge in [-0.15, -0.1) is 21.5 Å². The first kappa shape index (κ1) is 19.7. The summed E-state index contributed by atoms with van der Waals surface area (Å²) in [6.07, 6.45) is 0.852. The molecule has 2 aromatic carbocycles. The molecule has 30 heavy (non-hydrogen) atoms. The zero-order valence-corrected chi connectivity index (χ0v) is 17.1. The number of anilines is 1. The largest absolute Gasteiger partial charge is 0.368 e. The minimum absolute atomic E-state index is 0.0347. The first-order chi connectivity index (χ1) is 14.6. The molecule has 0 saturated carbocycles. The van der Waals surface area contributed by atoms with Crippen molar-refractivity contribution in [2.75, 3.05) is 11.9 Å². The van der Waals surface area contributed by atoms with Crippen molar-refractivity contribution in [2.45, 2.75) is 13.3 Å². The predicted molar refractivity (Wildman–Crippen MR) is 119 cm³/mol. The molecule has 0 unspecified atom stereocenters. The summed E-state index contributed by atoms with van der Waals surface area (Å²) < 4.78 is 0. The van der Waals surface area contributed by atoms with Crippen LogP contribution in [0.2, 0.25) is 0 Å². The van der Waals surface area contributed by atoms with Gasteiger partial charge in [0.25, 0.3) is 5.69 Å². The van der Waals surface area contributed by atoms with Crippen molar-refractivity contribution in [3.63, 3.8) is 0 Å². The molecule has 2 aromatic heterocycles. The van der Waals surface area contributed by atoms with Gasteiger partial charge in [0, 0.05) is 35.2 Å². The smallest absolute Gasteiger partial charge is 0.270 e. The number of hydrogen-bond donors (Lipinski definition) is 1. The molecule has 0 aliphatic rings. The molecule has 7 nitrogen and oxygen atoms in total. The topological polar surface area (TPSA) is 93.8 Å². The van der Waals surface area contributed by atoms with Gasteiger partial charge in [-0.2, -0.15) is 0 Å². The summed E-state index contributed by atoms with van der Waals surface area (Å²) in [5, 5.41) is 25.7. The van der Waals surface area contributed by atoms with E-state index in [0.29, 0.717) is 17.1 Å². The lowest BCUT2D eigenvalue weighted by atomic mass is 10.1. The van der Waals surface area contributed by atoms with Crippen LogP contribution in [0.1, 0.15) is 10.6 Å². The maximum absolute atomic E-state index is 10.9. The SMILES string of the molecule is Cc1nc(-c2ccc(CCNc3ccc(-c4cccc([N+](=O)[O-])c4)nn3)cc2)cs1. The molecule has 2 heterocycles. The summed E-state index contributed by atoms with van der Waals surface area (Å²) in [5.74, 6) is 0.666. The highest BCUT2D eigenvalue weighted by molar-refractivity contribution is 7.09. The molecule has 0 aliphatic carbocycles. The maximum Gasteiger partial charge on any atom is 0.270 e. The van der Waals surface area contributed by atoms with Gasteiger partial charge in [0.1, 0.15) is 5.82 Å². The second kappa shape index (κ2) is 8.79. The molecule has 0 saturated heterocycles. The Morgan fingerprint density at radius 2 is 1.83 bits per heavy atom. The Balaban J connectivity index is 1.33. The Morgan fingerprint density at radius 3 is 2.50 bits per heavy atom. The first-order valence-electron chi connectivity index (χ1n) is 9.42. The molecule has 4 aromatic rings. The Morgan fingerprint density at radius 1 is 1.00 bits per heavy atom. The quantitative estimate of drug-likeness (QED) is 0.331. The van der Waals surface area contributed by atoms with Crippen LogP contribution < -0.4 is 5.32 Å². The van der Waals surface area contributed by atoms with Gasteiger partial charge < -0.3 is 5.32 Å². The zero-order chi connectivity index (χ0) is 20.9. The normalized spacial score (nSPS) is 10.7. The highest BCUT2D eigenvalue weighted by Gasteiger charge is 2.08. The molecule has 0 aliphatic heterocycles. The van der Waals surface area contributed by atoms with Crippen molar-refractivity contribution in [1.82, 2.24) is 15.2 Å². The molecule has 0 bridgehead atoms. The third-order valence-electron chi connectivity index (χ3n) is 4.61. The Hall–Kier alpha value is -3.65. The van der Waals surface area contributed by atoms with E-state index < -0.39 is 4.92 Å². The van der Waals surface area contributed by atoms with Crippen LogP contribution in [0, 0.1) is 17.0 Å². The lowest BCUT2D eigenvalue weighted by Gasteiger charge is -2.07. The van der Waals surface area contributed by atoms with Crippen molar-refractivity contribution in [3.05, 3.63) is 86.7 Å². The average molecular weight is 417 g/mol. The number of nitro groups is 1. The number of nitro benzene ring substituents is 1. The molecule has 0 amide bonds. The number of nitrogens with one attached hydrogen (secondary N) is 1. The summed E-state index contributed by atoms with van der Waals surface area (Å²) >= 11 is 1.65. The van der Waals surface area contributed by atoms with E-state index in [0.717, 1.165) is 29.2 Å². The summed E-state index contributed by atoms with van der Waals surface area (Å²) in [7, 11) is 0. The minimum atomic E-state index is -0.419. The molecule has 1 N–H and O–H groups in total. The molecule has 150 valence electrons. The van der Waals surface area contributed by atoms with Gasteiger partial charge in [0.05, 0.1) is 21.3 Å². The van der Waals surface area contributed by atoms with E-state index in [9.17, 15) is 10.1 Å². The number of non-ortho nitro benzene ring substituents is 1. The molecular weight excluding hydrogens is 398 g/mol. The van der Waals surface area contributed by atoms with Crippen LogP contribution in [-0.4, -0.2) is 26.6 Å². The summed E-state index contributed by atoms with van der Waals surface area (Å²) in [6.45, 7) is 2.73. The van der Waals surface area contributed by atoms with Gasteiger partial charge in [0.15, 0.2) is 0 Å². The first-order valence-corrected chi connectivity index (χ1v) is 10.3. The van der Waals surface area contributed by atoms with Crippen LogP contribution in [0.4, 0.5) is 11.5 Å². The van der Waals surface area contributed by atoms with E-state index >= 15 is 0 Å².